The third kappa shape index (κ3) is 4.16. The van der Waals surface area contributed by atoms with Gasteiger partial charge in [0.1, 0.15) is 5.76 Å². The molecule has 0 radical (unpaired) electrons. The smallest absolute Gasteiger partial charge is 0.266 e. The van der Waals surface area contributed by atoms with Crippen LogP contribution in [0.3, 0.4) is 0 Å². The van der Waals surface area contributed by atoms with Crippen LogP contribution in [-0.2, 0) is 11.3 Å². The number of carbonyl (C=O) groups is 1. The number of nitrogens with zero attached hydrogens (tertiary/aromatic N) is 2. The van der Waals surface area contributed by atoms with Gasteiger partial charge in [-0.15, -0.1) is 0 Å². The van der Waals surface area contributed by atoms with Crippen LogP contribution in [0.15, 0.2) is 75.2 Å². The summed E-state index contributed by atoms with van der Waals surface area (Å²) in [6.07, 6.45) is 1.57. The lowest BCUT2D eigenvalue weighted by molar-refractivity contribution is -0.118. The van der Waals surface area contributed by atoms with Gasteiger partial charge in [0.15, 0.2) is 5.16 Å². The summed E-state index contributed by atoms with van der Waals surface area (Å²) in [5, 5.41) is 3.85. The van der Waals surface area contributed by atoms with E-state index in [-0.39, 0.29) is 17.2 Å². The third-order valence-corrected chi connectivity index (χ3v) is 5.66. The van der Waals surface area contributed by atoms with E-state index in [1.54, 1.807) is 29.0 Å². The summed E-state index contributed by atoms with van der Waals surface area (Å²) < 4.78 is 6.84. The Labute approximate surface area is 177 Å². The number of furan rings is 1. The number of rotatable bonds is 6. The first-order chi connectivity index (χ1) is 14.5. The molecule has 7 heteroatoms. The zero-order valence-corrected chi connectivity index (χ0v) is 17.5. The van der Waals surface area contributed by atoms with Crippen LogP contribution in [0, 0.1) is 13.8 Å². The molecule has 1 amide bonds. The minimum absolute atomic E-state index is 0.135. The average molecular weight is 420 g/mol. The topological polar surface area (TPSA) is 77.1 Å². The molecule has 0 aliphatic carbocycles. The zero-order chi connectivity index (χ0) is 21.1. The van der Waals surface area contributed by atoms with Crippen molar-refractivity contribution in [2.75, 3.05) is 5.75 Å². The molecule has 2 aromatic heterocycles. The number of fused-ring (bicyclic) bond motifs is 1. The predicted octanol–water partition coefficient (Wildman–Crippen LogP) is 4.00. The summed E-state index contributed by atoms with van der Waals surface area (Å²) in [7, 11) is 0. The van der Waals surface area contributed by atoms with E-state index in [1.165, 1.54) is 11.8 Å². The van der Waals surface area contributed by atoms with Crippen LogP contribution in [0.2, 0.25) is 0 Å². The van der Waals surface area contributed by atoms with Crippen LogP contribution < -0.4 is 10.9 Å². The van der Waals surface area contributed by atoms with E-state index >= 15 is 0 Å². The maximum absolute atomic E-state index is 13.3. The number of aromatic nitrogens is 2. The van der Waals surface area contributed by atoms with Crippen molar-refractivity contribution in [2.24, 2.45) is 0 Å². The van der Waals surface area contributed by atoms with E-state index < -0.39 is 0 Å². The molecule has 0 bridgehead atoms. The molecule has 4 aromatic rings. The van der Waals surface area contributed by atoms with Crippen LogP contribution in [0.25, 0.3) is 16.6 Å². The molecule has 2 aromatic carbocycles. The van der Waals surface area contributed by atoms with Crippen molar-refractivity contribution in [3.05, 3.63) is 88.1 Å². The summed E-state index contributed by atoms with van der Waals surface area (Å²) in [4.78, 5) is 30.4. The molecule has 30 heavy (non-hydrogen) atoms. The van der Waals surface area contributed by atoms with E-state index in [9.17, 15) is 9.59 Å². The largest absolute Gasteiger partial charge is 0.467 e. The first kappa shape index (κ1) is 20.0. The van der Waals surface area contributed by atoms with Gasteiger partial charge in [0.25, 0.3) is 5.56 Å². The maximum atomic E-state index is 13.3. The van der Waals surface area contributed by atoms with E-state index in [2.05, 4.69) is 5.32 Å². The molecule has 4 rings (SSSR count). The van der Waals surface area contributed by atoms with Gasteiger partial charge in [0.2, 0.25) is 5.91 Å². The summed E-state index contributed by atoms with van der Waals surface area (Å²) in [6, 6.07) is 16.8. The lowest BCUT2D eigenvalue weighted by Gasteiger charge is -2.15. The second-order valence-corrected chi connectivity index (χ2v) is 7.93. The molecule has 0 fully saturated rings. The normalized spacial score (nSPS) is 11.0. The van der Waals surface area contributed by atoms with Crippen molar-refractivity contribution in [3.8, 4) is 5.69 Å². The van der Waals surface area contributed by atoms with E-state index in [0.717, 1.165) is 16.8 Å². The molecular formula is C23H21N3O3S. The number of hydrogen-bond acceptors (Lipinski definition) is 5. The highest BCUT2D eigenvalue weighted by Gasteiger charge is 2.16. The summed E-state index contributed by atoms with van der Waals surface area (Å²) >= 11 is 1.24. The number of hydrogen-bond donors (Lipinski definition) is 1. The van der Waals surface area contributed by atoms with Crippen LogP contribution >= 0.6 is 11.8 Å². The second-order valence-electron chi connectivity index (χ2n) is 6.99. The van der Waals surface area contributed by atoms with Gasteiger partial charge in [-0.25, -0.2) is 4.98 Å². The van der Waals surface area contributed by atoms with Gasteiger partial charge in [-0.05, 0) is 55.3 Å². The molecule has 0 aliphatic rings. The number of nitrogens with one attached hydrogen (secondary N) is 1. The Balaban J connectivity index is 1.68. The Kier molecular flexibility index (Phi) is 5.72. The fourth-order valence-corrected chi connectivity index (χ4v) is 4.00. The van der Waals surface area contributed by atoms with Gasteiger partial charge in [-0.1, -0.05) is 36.0 Å². The van der Waals surface area contributed by atoms with Crippen molar-refractivity contribution in [2.45, 2.75) is 25.5 Å². The van der Waals surface area contributed by atoms with Crippen LogP contribution in [0.4, 0.5) is 0 Å². The molecular weight excluding hydrogens is 398 g/mol. The van der Waals surface area contributed by atoms with Gasteiger partial charge < -0.3 is 9.73 Å². The summed E-state index contributed by atoms with van der Waals surface area (Å²) in [5.41, 5.74) is 3.25. The fraction of sp³-hybridized carbons (Fsp3) is 0.174. The Morgan fingerprint density at radius 1 is 1.13 bits per heavy atom. The Bertz CT molecular complexity index is 1260. The van der Waals surface area contributed by atoms with Crippen molar-refractivity contribution >= 4 is 28.6 Å². The highest BCUT2D eigenvalue weighted by molar-refractivity contribution is 7.99. The van der Waals surface area contributed by atoms with Crippen molar-refractivity contribution < 1.29 is 9.21 Å². The average Bonchev–Trinajstić information content (AvgIpc) is 3.27. The molecule has 1 N–H and O–H groups in total. The Hall–Kier alpha value is -3.32. The van der Waals surface area contributed by atoms with Crippen molar-refractivity contribution in [1.29, 1.82) is 0 Å². The standard InChI is InChI=1S/C23H21N3O3S/c1-15-9-10-16(2)20(12-15)26-22(28)18-7-3-4-8-19(18)25-23(26)30-14-21(27)24-13-17-6-5-11-29-17/h3-12H,13-14H2,1-2H3,(H,24,27). The van der Waals surface area contributed by atoms with Gasteiger partial charge in [0.05, 0.1) is 35.2 Å². The molecule has 0 saturated heterocycles. The van der Waals surface area contributed by atoms with Crippen LogP contribution in [0.5, 0.6) is 0 Å². The monoisotopic (exact) mass is 419 g/mol. The molecule has 0 unspecified atom stereocenters. The van der Waals surface area contributed by atoms with Gasteiger partial charge in [-0.3, -0.25) is 14.2 Å². The number of carbonyl (C=O) groups excluding carboxylic acids is 1. The van der Waals surface area contributed by atoms with Crippen LogP contribution in [-0.4, -0.2) is 21.2 Å². The first-order valence-electron chi connectivity index (χ1n) is 9.54. The number of aryl methyl sites for hydroxylation is 2. The lowest BCUT2D eigenvalue weighted by Crippen LogP contribution is -2.26. The second kappa shape index (κ2) is 8.59. The molecule has 0 spiro atoms. The predicted molar refractivity (Wildman–Crippen MR) is 118 cm³/mol. The first-order valence-corrected chi connectivity index (χ1v) is 10.5. The van der Waals surface area contributed by atoms with Gasteiger partial charge in [-0.2, -0.15) is 0 Å². The minimum Gasteiger partial charge on any atom is -0.467 e. The van der Waals surface area contributed by atoms with E-state index in [4.69, 9.17) is 9.40 Å². The SMILES string of the molecule is Cc1ccc(C)c(-n2c(SCC(=O)NCc3ccco3)nc3ccccc3c2=O)c1. The summed E-state index contributed by atoms with van der Waals surface area (Å²) in [5.74, 6) is 0.659. The Morgan fingerprint density at radius 3 is 2.77 bits per heavy atom. The lowest BCUT2D eigenvalue weighted by atomic mass is 10.1. The van der Waals surface area contributed by atoms with Gasteiger partial charge in [0, 0.05) is 0 Å². The number of amides is 1. The molecule has 2 heterocycles. The minimum atomic E-state index is -0.161. The van der Waals surface area contributed by atoms with E-state index in [1.807, 2.05) is 50.2 Å². The fourth-order valence-electron chi connectivity index (χ4n) is 3.16. The number of thioether (sulfide) groups is 1. The quantitative estimate of drug-likeness (QED) is 0.378. The third-order valence-electron chi connectivity index (χ3n) is 4.72. The zero-order valence-electron chi connectivity index (χ0n) is 16.7. The van der Waals surface area contributed by atoms with Crippen LogP contribution in [0.1, 0.15) is 16.9 Å². The maximum Gasteiger partial charge on any atom is 0.266 e. The molecule has 0 aliphatic heterocycles. The molecule has 0 atom stereocenters. The van der Waals surface area contributed by atoms with Gasteiger partial charge >= 0.3 is 0 Å². The Morgan fingerprint density at radius 2 is 1.97 bits per heavy atom. The highest BCUT2D eigenvalue weighted by Crippen LogP contribution is 2.24. The molecule has 0 saturated carbocycles. The number of benzene rings is 2. The van der Waals surface area contributed by atoms with Crippen molar-refractivity contribution in [3.63, 3.8) is 0 Å². The summed E-state index contributed by atoms with van der Waals surface area (Å²) in [6.45, 7) is 4.26. The van der Waals surface area contributed by atoms with Crippen molar-refractivity contribution in [1.82, 2.24) is 14.9 Å². The number of para-hydroxylation sites is 1. The highest BCUT2D eigenvalue weighted by atomic mass is 32.2. The molecule has 6 nitrogen and oxygen atoms in total. The van der Waals surface area contributed by atoms with E-state index in [0.29, 0.717) is 28.4 Å². The molecule has 152 valence electrons.